The van der Waals surface area contributed by atoms with Crippen LogP contribution in [-0.4, -0.2) is 45.0 Å². The van der Waals surface area contributed by atoms with E-state index in [9.17, 15) is 9.90 Å². The van der Waals surface area contributed by atoms with Crippen molar-refractivity contribution in [3.8, 4) is 11.1 Å². The average molecular weight is 425 g/mol. The lowest BCUT2D eigenvalue weighted by atomic mass is 10.0. The molecule has 164 valence electrons. The van der Waals surface area contributed by atoms with Crippen molar-refractivity contribution in [1.29, 1.82) is 0 Å². The SMILES string of the molecule is CCCc1nc(C(CC)(OC)OC)nn1Cc1ccc(-c2cccnc2C(=O)O)cc1. The highest BCUT2D eigenvalue weighted by Crippen LogP contribution is 2.28. The molecule has 31 heavy (non-hydrogen) atoms. The van der Waals surface area contributed by atoms with Gasteiger partial charge in [0.25, 0.3) is 0 Å². The molecule has 3 aromatic rings. The van der Waals surface area contributed by atoms with Crippen molar-refractivity contribution in [3.05, 3.63) is 65.5 Å². The number of rotatable bonds is 10. The van der Waals surface area contributed by atoms with Crippen molar-refractivity contribution in [3.63, 3.8) is 0 Å². The minimum atomic E-state index is -1.05. The molecule has 3 rings (SSSR count). The van der Waals surface area contributed by atoms with Gasteiger partial charge in [-0.15, -0.1) is 5.10 Å². The monoisotopic (exact) mass is 424 g/mol. The molecule has 2 heterocycles. The fourth-order valence-electron chi connectivity index (χ4n) is 3.55. The smallest absolute Gasteiger partial charge is 0.355 e. The van der Waals surface area contributed by atoms with Gasteiger partial charge in [-0.3, -0.25) is 0 Å². The van der Waals surface area contributed by atoms with Crippen molar-refractivity contribution >= 4 is 5.97 Å². The fraction of sp³-hybridized carbons (Fsp3) is 0.391. The molecule has 1 N–H and O–H groups in total. The number of aromatic nitrogens is 4. The van der Waals surface area contributed by atoms with Crippen molar-refractivity contribution in [2.75, 3.05) is 14.2 Å². The van der Waals surface area contributed by atoms with E-state index in [0.29, 0.717) is 24.4 Å². The first-order chi connectivity index (χ1) is 15.0. The zero-order valence-corrected chi connectivity index (χ0v) is 18.3. The van der Waals surface area contributed by atoms with Gasteiger partial charge < -0.3 is 14.6 Å². The fourth-order valence-corrected chi connectivity index (χ4v) is 3.55. The van der Waals surface area contributed by atoms with Gasteiger partial charge in [0, 0.05) is 38.8 Å². The lowest BCUT2D eigenvalue weighted by Gasteiger charge is -2.26. The molecule has 0 aliphatic heterocycles. The molecular formula is C23H28N4O4. The maximum absolute atomic E-state index is 11.5. The number of pyridine rings is 1. The Balaban J connectivity index is 1.90. The zero-order chi connectivity index (χ0) is 22.4. The van der Waals surface area contributed by atoms with Gasteiger partial charge in [0.15, 0.2) is 5.69 Å². The number of carboxylic acid groups (broad SMARTS) is 1. The Morgan fingerprint density at radius 1 is 1.13 bits per heavy atom. The third-order valence-electron chi connectivity index (χ3n) is 5.30. The van der Waals surface area contributed by atoms with Crippen LogP contribution >= 0.6 is 0 Å². The van der Waals surface area contributed by atoms with Crippen LogP contribution in [0, 0.1) is 0 Å². The standard InChI is InChI=1S/C23H28N4O4/c1-5-8-19-25-22(23(6-2,30-3)31-4)26-27(19)15-16-10-12-17(13-11-16)18-9-7-14-24-20(18)21(28)29/h7,9-14H,5-6,8,15H2,1-4H3,(H,28,29). The molecule has 0 aliphatic rings. The zero-order valence-electron chi connectivity index (χ0n) is 18.3. The van der Waals surface area contributed by atoms with Crippen molar-refractivity contribution in [1.82, 2.24) is 19.7 Å². The highest BCUT2D eigenvalue weighted by molar-refractivity contribution is 5.93. The van der Waals surface area contributed by atoms with Gasteiger partial charge >= 0.3 is 5.97 Å². The molecule has 8 nitrogen and oxygen atoms in total. The van der Waals surface area contributed by atoms with Gasteiger partial charge in [-0.05, 0) is 23.6 Å². The molecule has 0 saturated heterocycles. The number of carbonyl (C=O) groups is 1. The second-order valence-electron chi connectivity index (χ2n) is 7.18. The van der Waals surface area contributed by atoms with Crippen LogP contribution in [0.15, 0.2) is 42.6 Å². The number of benzene rings is 1. The number of hydrogen-bond acceptors (Lipinski definition) is 6. The molecule has 0 radical (unpaired) electrons. The van der Waals surface area contributed by atoms with Crippen molar-refractivity contribution in [2.24, 2.45) is 0 Å². The first kappa shape index (κ1) is 22.6. The van der Waals surface area contributed by atoms with Gasteiger partial charge in [0.05, 0.1) is 6.54 Å². The normalized spacial score (nSPS) is 11.6. The molecule has 0 atom stereocenters. The molecule has 0 fully saturated rings. The largest absolute Gasteiger partial charge is 0.476 e. The molecule has 0 amide bonds. The first-order valence-electron chi connectivity index (χ1n) is 10.3. The van der Waals surface area contributed by atoms with Crippen LogP contribution in [0.2, 0.25) is 0 Å². The number of ether oxygens (including phenoxy) is 2. The van der Waals surface area contributed by atoms with Crippen LogP contribution in [-0.2, 0) is 28.2 Å². The minimum Gasteiger partial charge on any atom is -0.476 e. The van der Waals surface area contributed by atoms with Crippen LogP contribution in [0.25, 0.3) is 11.1 Å². The van der Waals surface area contributed by atoms with Gasteiger partial charge in [-0.25, -0.2) is 19.4 Å². The van der Waals surface area contributed by atoms with E-state index in [-0.39, 0.29) is 5.69 Å². The summed E-state index contributed by atoms with van der Waals surface area (Å²) in [7, 11) is 3.19. The molecule has 0 bridgehead atoms. The Morgan fingerprint density at radius 2 is 1.84 bits per heavy atom. The summed E-state index contributed by atoms with van der Waals surface area (Å²) < 4.78 is 13.1. The first-order valence-corrected chi connectivity index (χ1v) is 10.3. The Morgan fingerprint density at radius 3 is 2.42 bits per heavy atom. The second-order valence-corrected chi connectivity index (χ2v) is 7.18. The molecular weight excluding hydrogens is 396 g/mol. The predicted molar refractivity (Wildman–Crippen MR) is 116 cm³/mol. The van der Waals surface area contributed by atoms with E-state index in [4.69, 9.17) is 19.6 Å². The van der Waals surface area contributed by atoms with Gasteiger partial charge in [0.2, 0.25) is 11.6 Å². The van der Waals surface area contributed by atoms with E-state index in [0.717, 1.165) is 29.8 Å². The number of aromatic carboxylic acids is 1. The molecule has 0 saturated carbocycles. The van der Waals surface area contributed by atoms with Crippen molar-refractivity contribution in [2.45, 2.75) is 45.4 Å². The average Bonchev–Trinajstić information content (AvgIpc) is 3.19. The molecule has 2 aromatic heterocycles. The van der Waals surface area contributed by atoms with Gasteiger partial charge in [0.1, 0.15) is 5.82 Å². The Kier molecular flexibility index (Phi) is 7.14. The third-order valence-corrected chi connectivity index (χ3v) is 5.30. The van der Waals surface area contributed by atoms with E-state index in [1.165, 1.54) is 6.20 Å². The molecule has 0 spiro atoms. The van der Waals surface area contributed by atoms with E-state index in [1.54, 1.807) is 26.4 Å². The number of methoxy groups -OCH3 is 2. The maximum Gasteiger partial charge on any atom is 0.355 e. The topological polar surface area (TPSA) is 99.4 Å². The summed E-state index contributed by atoms with van der Waals surface area (Å²) in [4.78, 5) is 20.1. The summed E-state index contributed by atoms with van der Waals surface area (Å²) >= 11 is 0. The van der Waals surface area contributed by atoms with Crippen LogP contribution in [0.4, 0.5) is 0 Å². The summed E-state index contributed by atoms with van der Waals surface area (Å²) in [5.41, 5.74) is 2.45. The summed E-state index contributed by atoms with van der Waals surface area (Å²) in [5.74, 6) is -0.629. The van der Waals surface area contributed by atoms with E-state index < -0.39 is 11.8 Å². The maximum atomic E-state index is 11.5. The summed E-state index contributed by atoms with van der Waals surface area (Å²) in [6.07, 6.45) is 3.79. The molecule has 0 unspecified atom stereocenters. The second kappa shape index (κ2) is 9.80. The van der Waals surface area contributed by atoms with E-state index in [2.05, 4.69) is 11.9 Å². The van der Waals surface area contributed by atoms with Crippen LogP contribution in [0.5, 0.6) is 0 Å². The third kappa shape index (κ3) is 4.65. The Hall–Kier alpha value is -3.10. The lowest BCUT2D eigenvalue weighted by Crippen LogP contribution is -2.31. The summed E-state index contributed by atoms with van der Waals surface area (Å²) in [5, 5.41) is 14.1. The van der Waals surface area contributed by atoms with E-state index in [1.807, 2.05) is 35.9 Å². The number of aryl methyl sites for hydroxylation is 1. The highest BCUT2D eigenvalue weighted by atomic mass is 16.7. The molecule has 0 aliphatic carbocycles. The Bertz CT molecular complexity index is 1020. The van der Waals surface area contributed by atoms with Crippen LogP contribution in [0.1, 0.15) is 54.4 Å². The predicted octanol–water partition coefficient (Wildman–Crippen LogP) is 3.89. The van der Waals surface area contributed by atoms with Crippen molar-refractivity contribution < 1.29 is 19.4 Å². The highest BCUT2D eigenvalue weighted by Gasteiger charge is 2.35. The summed E-state index contributed by atoms with van der Waals surface area (Å²) in [6, 6.07) is 11.2. The Labute approximate surface area is 181 Å². The molecule has 1 aromatic carbocycles. The van der Waals surface area contributed by atoms with Gasteiger partial charge in [-0.1, -0.05) is 44.2 Å². The van der Waals surface area contributed by atoms with Crippen LogP contribution in [0.3, 0.4) is 0 Å². The lowest BCUT2D eigenvalue weighted by molar-refractivity contribution is -0.222. The minimum absolute atomic E-state index is 0.0384. The number of hydrogen-bond donors (Lipinski definition) is 1. The number of carboxylic acids is 1. The van der Waals surface area contributed by atoms with Crippen LogP contribution < -0.4 is 0 Å². The summed E-state index contributed by atoms with van der Waals surface area (Å²) in [6.45, 7) is 4.60. The van der Waals surface area contributed by atoms with Gasteiger partial charge in [-0.2, -0.15) is 0 Å². The quantitative estimate of drug-likeness (QED) is 0.493. The van der Waals surface area contributed by atoms with E-state index >= 15 is 0 Å². The number of nitrogens with zero attached hydrogens (tertiary/aromatic N) is 4. The molecule has 8 heteroatoms.